The summed E-state index contributed by atoms with van der Waals surface area (Å²) in [4.78, 5) is 2.46. The Morgan fingerprint density at radius 3 is 1.98 bits per heavy atom. The van der Waals surface area contributed by atoms with E-state index in [9.17, 15) is 0 Å². The van der Waals surface area contributed by atoms with Crippen molar-refractivity contribution < 1.29 is 0 Å². The van der Waals surface area contributed by atoms with Gasteiger partial charge in [0.15, 0.2) is 0 Å². The zero-order valence-electron chi connectivity index (χ0n) is 22.7. The fourth-order valence-electron chi connectivity index (χ4n) is 6.80. The summed E-state index contributed by atoms with van der Waals surface area (Å²) >= 11 is 0. The van der Waals surface area contributed by atoms with Crippen LogP contribution in [0.2, 0.25) is 0 Å². The van der Waals surface area contributed by atoms with E-state index in [2.05, 4.69) is 158 Å². The molecule has 7 aromatic carbocycles. The molecule has 0 saturated heterocycles. The highest BCUT2D eigenvalue weighted by atomic mass is 15.1. The molecular formula is C39H29N. The Bertz CT molecular complexity index is 2100. The molecular weight excluding hydrogens is 482 g/mol. The van der Waals surface area contributed by atoms with Gasteiger partial charge in [0.25, 0.3) is 0 Å². The highest BCUT2D eigenvalue weighted by Gasteiger charge is 2.35. The van der Waals surface area contributed by atoms with Crippen LogP contribution in [-0.4, -0.2) is 0 Å². The van der Waals surface area contributed by atoms with E-state index in [1.807, 2.05) is 0 Å². The largest absolute Gasteiger partial charge is 0.310 e. The summed E-state index contributed by atoms with van der Waals surface area (Å²) in [6, 6.07) is 51.3. The zero-order chi connectivity index (χ0) is 26.8. The summed E-state index contributed by atoms with van der Waals surface area (Å²) in [5, 5.41) is 7.54. The highest BCUT2D eigenvalue weighted by molar-refractivity contribution is 6.15. The lowest BCUT2D eigenvalue weighted by Crippen LogP contribution is -2.16. The van der Waals surface area contributed by atoms with E-state index in [4.69, 9.17) is 0 Å². The highest BCUT2D eigenvalue weighted by Crippen LogP contribution is 2.51. The first-order valence-electron chi connectivity index (χ1n) is 14.0. The fraction of sp³-hybridized carbons (Fsp3) is 0.0769. The molecule has 0 radical (unpaired) electrons. The van der Waals surface area contributed by atoms with Gasteiger partial charge in [-0.3, -0.25) is 0 Å². The lowest BCUT2D eigenvalue weighted by Gasteiger charge is -2.29. The Morgan fingerprint density at radius 2 is 1.07 bits per heavy atom. The van der Waals surface area contributed by atoms with Crippen LogP contribution in [0, 0.1) is 0 Å². The molecule has 0 atom stereocenters. The number of anilines is 3. The van der Waals surface area contributed by atoms with Gasteiger partial charge < -0.3 is 4.90 Å². The van der Waals surface area contributed by atoms with E-state index >= 15 is 0 Å². The predicted molar refractivity (Wildman–Crippen MR) is 171 cm³/mol. The first-order chi connectivity index (χ1) is 19.6. The van der Waals surface area contributed by atoms with Crippen molar-refractivity contribution in [1.82, 2.24) is 0 Å². The lowest BCUT2D eigenvalue weighted by molar-refractivity contribution is 0.660. The van der Waals surface area contributed by atoms with Gasteiger partial charge in [-0.1, -0.05) is 123 Å². The van der Waals surface area contributed by atoms with Gasteiger partial charge >= 0.3 is 0 Å². The van der Waals surface area contributed by atoms with E-state index in [1.165, 1.54) is 65.9 Å². The number of rotatable bonds is 3. The van der Waals surface area contributed by atoms with Crippen molar-refractivity contribution >= 4 is 49.4 Å². The number of hydrogen-bond acceptors (Lipinski definition) is 1. The van der Waals surface area contributed by atoms with E-state index < -0.39 is 0 Å². The SMILES string of the molecule is CC1(C)c2ccccc2-c2ccc(N(c3ccc4ccccc4c3)c3cccc4ccc5ccccc5c34)cc21. The van der Waals surface area contributed by atoms with Crippen LogP contribution in [0.25, 0.3) is 43.4 Å². The molecule has 0 fully saturated rings. The Balaban J connectivity index is 1.43. The minimum absolute atomic E-state index is 0.0670. The molecule has 190 valence electrons. The number of nitrogens with zero attached hydrogens (tertiary/aromatic N) is 1. The van der Waals surface area contributed by atoms with Crippen LogP contribution in [0.4, 0.5) is 17.1 Å². The minimum Gasteiger partial charge on any atom is -0.310 e. The molecule has 1 nitrogen and oxygen atoms in total. The van der Waals surface area contributed by atoms with Crippen LogP contribution in [-0.2, 0) is 5.41 Å². The van der Waals surface area contributed by atoms with Gasteiger partial charge in [0.2, 0.25) is 0 Å². The monoisotopic (exact) mass is 511 g/mol. The van der Waals surface area contributed by atoms with Gasteiger partial charge in [0, 0.05) is 22.2 Å². The van der Waals surface area contributed by atoms with Crippen molar-refractivity contribution in [3.05, 3.63) is 151 Å². The molecule has 7 aromatic rings. The summed E-state index contributed by atoms with van der Waals surface area (Å²) in [5.41, 5.74) is 8.93. The quantitative estimate of drug-likeness (QED) is 0.213. The molecule has 40 heavy (non-hydrogen) atoms. The van der Waals surface area contributed by atoms with Crippen molar-refractivity contribution in [3.63, 3.8) is 0 Å². The molecule has 0 amide bonds. The Labute approximate surface area is 234 Å². The minimum atomic E-state index is -0.0670. The maximum atomic E-state index is 2.46. The smallest absolute Gasteiger partial charge is 0.0546 e. The average Bonchev–Trinajstić information content (AvgIpc) is 3.23. The summed E-state index contributed by atoms with van der Waals surface area (Å²) in [5.74, 6) is 0. The normalized spacial score (nSPS) is 13.4. The van der Waals surface area contributed by atoms with Crippen LogP contribution in [0.5, 0.6) is 0 Å². The second-order valence-corrected chi connectivity index (χ2v) is 11.4. The standard InChI is InChI=1S/C39H29N/c1-39(2)35-16-8-7-15-33(35)34-23-22-31(25-36(34)39)40(30-21-20-26-10-3-4-12-29(26)24-30)37-17-9-13-28-19-18-27-11-5-6-14-32(27)38(28)37/h3-25H,1-2H3. The second-order valence-electron chi connectivity index (χ2n) is 11.4. The fourth-order valence-corrected chi connectivity index (χ4v) is 6.80. The van der Waals surface area contributed by atoms with Gasteiger partial charge in [-0.15, -0.1) is 0 Å². The summed E-state index contributed by atoms with van der Waals surface area (Å²) < 4.78 is 0. The third kappa shape index (κ3) is 3.34. The van der Waals surface area contributed by atoms with Crippen LogP contribution in [0.1, 0.15) is 25.0 Å². The Hall–Kier alpha value is -4.88. The molecule has 0 spiro atoms. The molecule has 0 bridgehead atoms. The van der Waals surface area contributed by atoms with Crippen molar-refractivity contribution in [3.8, 4) is 11.1 Å². The molecule has 1 aliphatic carbocycles. The topological polar surface area (TPSA) is 3.24 Å². The van der Waals surface area contributed by atoms with Crippen molar-refractivity contribution in [2.45, 2.75) is 19.3 Å². The summed E-state index contributed by atoms with van der Waals surface area (Å²) in [7, 11) is 0. The van der Waals surface area contributed by atoms with Gasteiger partial charge in [-0.05, 0) is 79.5 Å². The Morgan fingerprint density at radius 1 is 0.450 bits per heavy atom. The van der Waals surface area contributed by atoms with E-state index in [-0.39, 0.29) is 5.41 Å². The van der Waals surface area contributed by atoms with Crippen LogP contribution in [0.3, 0.4) is 0 Å². The van der Waals surface area contributed by atoms with Crippen LogP contribution < -0.4 is 4.90 Å². The molecule has 1 heteroatoms. The lowest BCUT2D eigenvalue weighted by atomic mass is 9.82. The number of hydrogen-bond donors (Lipinski definition) is 0. The first kappa shape index (κ1) is 23.0. The molecule has 0 N–H and O–H groups in total. The van der Waals surface area contributed by atoms with Crippen LogP contribution >= 0.6 is 0 Å². The van der Waals surface area contributed by atoms with Crippen molar-refractivity contribution in [2.24, 2.45) is 0 Å². The van der Waals surface area contributed by atoms with E-state index in [1.54, 1.807) is 0 Å². The van der Waals surface area contributed by atoms with E-state index in [0.29, 0.717) is 0 Å². The maximum absolute atomic E-state index is 2.46. The molecule has 0 aliphatic heterocycles. The predicted octanol–water partition coefficient (Wildman–Crippen LogP) is 10.9. The maximum Gasteiger partial charge on any atom is 0.0546 e. The molecule has 0 heterocycles. The van der Waals surface area contributed by atoms with Crippen molar-refractivity contribution in [2.75, 3.05) is 4.90 Å². The van der Waals surface area contributed by atoms with E-state index in [0.717, 1.165) is 5.69 Å². The third-order valence-corrected chi connectivity index (χ3v) is 8.80. The van der Waals surface area contributed by atoms with Crippen molar-refractivity contribution in [1.29, 1.82) is 0 Å². The van der Waals surface area contributed by atoms with Crippen LogP contribution in [0.15, 0.2) is 140 Å². The van der Waals surface area contributed by atoms with Gasteiger partial charge in [0.1, 0.15) is 0 Å². The number of fused-ring (bicyclic) bond motifs is 7. The molecule has 8 rings (SSSR count). The summed E-state index contributed by atoms with van der Waals surface area (Å²) in [6.07, 6.45) is 0. The summed E-state index contributed by atoms with van der Waals surface area (Å²) in [6.45, 7) is 4.71. The Kier molecular flexibility index (Phi) is 4.93. The zero-order valence-corrected chi connectivity index (χ0v) is 22.7. The molecule has 1 aliphatic rings. The third-order valence-electron chi connectivity index (χ3n) is 8.80. The molecule has 0 aromatic heterocycles. The average molecular weight is 512 g/mol. The second kappa shape index (κ2) is 8.56. The van der Waals surface area contributed by atoms with Gasteiger partial charge in [0.05, 0.1) is 5.69 Å². The molecule has 0 saturated carbocycles. The molecule has 0 unspecified atom stereocenters. The first-order valence-corrected chi connectivity index (χ1v) is 14.0. The number of benzene rings is 7. The van der Waals surface area contributed by atoms with Gasteiger partial charge in [-0.25, -0.2) is 0 Å². The van der Waals surface area contributed by atoms with Gasteiger partial charge in [-0.2, -0.15) is 0 Å².